The number of carbonyl (C=O) groups excluding carboxylic acids is 1. The van der Waals surface area contributed by atoms with Crippen LogP contribution in [0.5, 0.6) is 11.5 Å². The Morgan fingerprint density at radius 1 is 1.24 bits per heavy atom. The Morgan fingerprint density at radius 3 is 2.35 bits per heavy atom. The number of carbonyl (C=O) groups is 1. The molecule has 0 saturated carbocycles. The molecule has 0 heterocycles. The van der Waals surface area contributed by atoms with E-state index in [4.69, 9.17) is 9.47 Å². The molecule has 0 saturated heterocycles. The van der Waals surface area contributed by atoms with E-state index in [9.17, 15) is 4.79 Å². The molecule has 1 aromatic rings. The van der Waals surface area contributed by atoms with Gasteiger partial charge in [-0.15, -0.1) is 0 Å². The summed E-state index contributed by atoms with van der Waals surface area (Å²) in [5.74, 6) is 1.02. The van der Waals surface area contributed by atoms with E-state index < -0.39 is 12.1 Å². The summed E-state index contributed by atoms with van der Waals surface area (Å²) in [4.78, 5) is 11.2. The zero-order valence-electron chi connectivity index (χ0n) is 10.4. The molecule has 4 heteroatoms. The van der Waals surface area contributed by atoms with Crippen LogP contribution in [0.3, 0.4) is 0 Å². The highest BCUT2D eigenvalue weighted by Gasteiger charge is 2.14. The van der Waals surface area contributed by atoms with Crippen molar-refractivity contribution < 1.29 is 19.0 Å². The standard InChI is InChI=1S/C13H18O4/c1-4-9-16-11-5-7-12(8-6-11)17-10(2)13(14)15-3/h5-8,10H,4,9H2,1-3H3/t10-/m1/s1. The van der Waals surface area contributed by atoms with Gasteiger partial charge in [0.25, 0.3) is 0 Å². The Hall–Kier alpha value is -1.71. The van der Waals surface area contributed by atoms with Crippen molar-refractivity contribution in [3.05, 3.63) is 24.3 Å². The molecular formula is C13H18O4. The third-order valence-corrected chi connectivity index (χ3v) is 2.14. The van der Waals surface area contributed by atoms with Crippen LogP contribution >= 0.6 is 0 Å². The van der Waals surface area contributed by atoms with Crippen LogP contribution in [0.25, 0.3) is 0 Å². The number of benzene rings is 1. The molecular weight excluding hydrogens is 220 g/mol. The minimum Gasteiger partial charge on any atom is -0.494 e. The molecule has 1 atom stereocenters. The first-order chi connectivity index (χ1) is 8.17. The van der Waals surface area contributed by atoms with E-state index in [1.807, 2.05) is 12.1 Å². The molecule has 0 radical (unpaired) electrons. The monoisotopic (exact) mass is 238 g/mol. The predicted octanol–water partition coefficient (Wildman–Crippen LogP) is 2.42. The lowest BCUT2D eigenvalue weighted by molar-refractivity contribution is -0.147. The Labute approximate surface area is 101 Å². The lowest BCUT2D eigenvalue weighted by Crippen LogP contribution is -2.24. The largest absolute Gasteiger partial charge is 0.494 e. The van der Waals surface area contributed by atoms with Gasteiger partial charge in [-0.25, -0.2) is 4.79 Å². The van der Waals surface area contributed by atoms with Crippen molar-refractivity contribution in [2.24, 2.45) is 0 Å². The highest BCUT2D eigenvalue weighted by Crippen LogP contribution is 2.18. The summed E-state index contributed by atoms with van der Waals surface area (Å²) < 4.78 is 15.4. The van der Waals surface area contributed by atoms with Crippen molar-refractivity contribution in [3.63, 3.8) is 0 Å². The fraction of sp³-hybridized carbons (Fsp3) is 0.462. The molecule has 0 aliphatic heterocycles. The summed E-state index contributed by atoms with van der Waals surface area (Å²) in [6.07, 6.45) is 0.361. The summed E-state index contributed by atoms with van der Waals surface area (Å²) in [7, 11) is 1.34. The number of rotatable bonds is 6. The van der Waals surface area contributed by atoms with Crippen molar-refractivity contribution >= 4 is 5.97 Å². The number of hydrogen-bond donors (Lipinski definition) is 0. The molecule has 0 aliphatic rings. The Kier molecular flexibility index (Phi) is 5.33. The van der Waals surface area contributed by atoms with E-state index in [-0.39, 0.29) is 0 Å². The summed E-state index contributed by atoms with van der Waals surface area (Å²) in [6, 6.07) is 7.17. The predicted molar refractivity (Wildman–Crippen MR) is 64.3 cm³/mol. The second-order valence-electron chi connectivity index (χ2n) is 3.60. The van der Waals surface area contributed by atoms with Gasteiger partial charge in [0.15, 0.2) is 6.10 Å². The van der Waals surface area contributed by atoms with Gasteiger partial charge in [0, 0.05) is 0 Å². The smallest absolute Gasteiger partial charge is 0.346 e. The second-order valence-corrected chi connectivity index (χ2v) is 3.60. The molecule has 0 spiro atoms. The van der Waals surface area contributed by atoms with Crippen LogP contribution in [0.2, 0.25) is 0 Å². The maximum absolute atomic E-state index is 11.2. The van der Waals surface area contributed by atoms with E-state index in [0.29, 0.717) is 12.4 Å². The lowest BCUT2D eigenvalue weighted by atomic mass is 10.3. The van der Waals surface area contributed by atoms with E-state index in [1.165, 1.54) is 7.11 Å². The molecule has 1 aromatic carbocycles. The normalized spacial score (nSPS) is 11.7. The highest BCUT2D eigenvalue weighted by molar-refractivity contribution is 5.74. The number of hydrogen-bond acceptors (Lipinski definition) is 4. The van der Waals surface area contributed by atoms with Crippen molar-refractivity contribution in [3.8, 4) is 11.5 Å². The van der Waals surface area contributed by atoms with Gasteiger partial charge in [-0.2, -0.15) is 0 Å². The number of methoxy groups -OCH3 is 1. The molecule has 0 amide bonds. The molecule has 0 fully saturated rings. The number of ether oxygens (including phenoxy) is 3. The van der Waals surface area contributed by atoms with Gasteiger partial charge in [-0.3, -0.25) is 0 Å². The minimum atomic E-state index is -0.609. The Balaban J connectivity index is 2.53. The van der Waals surface area contributed by atoms with Gasteiger partial charge in [0.1, 0.15) is 11.5 Å². The summed E-state index contributed by atoms with van der Waals surface area (Å²) in [5, 5.41) is 0. The average Bonchev–Trinajstić information content (AvgIpc) is 2.37. The van der Waals surface area contributed by atoms with Crippen molar-refractivity contribution in [2.75, 3.05) is 13.7 Å². The fourth-order valence-electron chi connectivity index (χ4n) is 1.25. The molecule has 0 N–H and O–H groups in total. The third-order valence-electron chi connectivity index (χ3n) is 2.14. The minimum absolute atomic E-state index is 0.392. The summed E-state index contributed by atoms with van der Waals surface area (Å²) in [5.41, 5.74) is 0. The zero-order chi connectivity index (χ0) is 12.7. The van der Waals surface area contributed by atoms with Crippen LogP contribution in [0.1, 0.15) is 20.3 Å². The lowest BCUT2D eigenvalue weighted by Gasteiger charge is -2.12. The zero-order valence-corrected chi connectivity index (χ0v) is 10.4. The van der Waals surface area contributed by atoms with Crippen LogP contribution in [-0.4, -0.2) is 25.8 Å². The molecule has 0 bridgehead atoms. The maximum atomic E-state index is 11.2. The van der Waals surface area contributed by atoms with E-state index in [0.717, 1.165) is 12.2 Å². The van der Waals surface area contributed by atoms with E-state index in [1.54, 1.807) is 19.1 Å². The van der Waals surface area contributed by atoms with Crippen LogP contribution in [0.4, 0.5) is 0 Å². The second kappa shape index (κ2) is 6.78. The molecule has 4 nitrogen and oxygen atoms in total. The summed E-state index contributed by atoms with van der Waals surface area (Å²) in [6.45, 7) is 4.39. The highest BCUT2D eigenvalue weighted by atomic mass is 16.6. The van der Waals surface area contributed by atoms with Gasteiger partial charge in [0.2, 0.25) is 0 Å². The average molecular weight is 238 g/mol. The van der Waals surface area contributed by atoms with Crippen molar-refractivity contribution in [1.29, 1.82) is 0 Å². The molecule has 1 rings (SSSR count). The molecule has 0 aliphatic carbocycles. The van der Waals surface area contributed by atoms with Gasteiger partial charge in [-0.1, -0.05) is 6.92 Å². The quantitative estimate of drug-likeness (QED) is 0.714. The molecule has 0 unspecified atom stereocenters. The van der Waals surface area contributed by atoms with Crippen molar-refractivity contribution in [2.45, 2.75) is 26.4 Å². The number of esters is 1. The molecule has 0 aromatic heterocycles. The van der Waals surface area contributed by atoms with Crippen LogP contribution in [-0.2, 0) is 9.53 Å². The van der Waals surface area contributed by atoms with Crippen LogP contribution in [0.15, 0.2) is 24.3 Å². The topological polar surface area (TPSA) is 44.8 Å². The van der Waals surface area contributed by atoms with Crippen molar-refractivity contribution in [1.82, 2.24) is 0 Å². The van der Waals surface area contributed by atoms with Gasteiger partial charge >= 0.3 is 5.97 Å². The Morgan fingerprint density at radius 2 is 1.82 bits per heavy atom. The molecule has 17 heavy (non-hydrogen) atoms. The maximum Gasteiger partial charge on any atom is 0.346 e. The first-order valence-corrected chi connectivity index (χ1v) is 5.64. The first-order valence-electron chi connectivity index (χ1n) is 5.64. The van der Waals surface area contributed by atoms with Crippen LogP contribution < -0.4 is 9.47 Å². The molecule has 94 valence electrons. The van der Waals surface area contributed by atoms with Gasteiger partial charge in [0.05, 0.1) is 13.7 Å². The van der Waals surface area contributed by atoms with Gasteiger partial charge < -0.3 is 14.2 Å². The van der Waals surface area contributed by atoms with Gasteiger partial charge in [-0.05, 0) is 37.6 Å². The Bertz CT molecular complexity index is 345. The fourth-order valence-corrected chi connectivity index (χ4v) is 1.25. The summed E-state index contributed by atoms with van der Waals surface area (Å²) >= 11 is 0. The third kappa shape index (κ3) is 4.34. The van der Waals surface area contributed by atoms with E-state index in [2.05, 4.69) is 11.7 Å². The SMILES string of the molecule is CCCOc1ccc(O[C@H](C)C(=O)OC)cc1. The first kappa shape index (κ1) is 13.4. The van der Waals surface area contributed by atoms with E-state index >= 15 is 0 Å². The van der Waals surface area contributed by atoms with Crippen LogP contribution in [0, 0.1) is 0 Å².